The third-order valence-electron chi connectivity index (χ3n) is 4.72. The predicted octanol–water partition coefficient (Wildman–Crippen LogP) is 2.56. The number of rotatable bonds is 5. The Bertz CT molecular complexity index is 988. The van der Waals surface area contributed by atoms with Gasteiger partial charge in [-0.3, -0.25) is 9.48 Å². The van der Waals surface area contributed by atoms with Gasteiger partial charge < -0.3 is 5.32 Å². The lowest BCUT2D eigenvalue weighted by atomic mass is 9.99. The van der Waals surface area contributed by atoms with Crippen LogP contribution in [0.5, 0.6) is 0 Å². The molecule has 0 saturated carbocycles. The van der Waals surface area contributed by atoms with Crippen molar-refractivity contribution in [2.24, 2.45) is 5.92 Å². The molecule has 0 spiro atoms. The Morgan fingerprint density at radius 3 is 2.79 bits per heavy atom. The van der Waals surface area contributed by atoms with E-state index < -0.39 is 27.7 Å². The number of carbonyl (C=O) groups excluding carboxylic acids is 1. The molecule has 11 heteroatoms. The van der Waals surface area contributed by atoms with Crippen molar-refractivity contribution in [1.29, 1.82) is 0 Å². The number of hydrogen-bond acceptors (Lipinski definition) is 4. The van der Waals surface area contributed by atoms with Gasteiger partial charge in [0.15, 0.2) is 0 Å². The molecule has 1 aromatic carbocycles. The van der Waals surface area contributed by atoms with Crippen LogP contribution in [0.15, 0.2) is 36.7 Å². The zero-order chi connectivity index (χ0) is 21.2. The molecule has 158 valence electrons. The van der Waals surface area contributed by atoms with E-state index in [1.807, 2.05) is 0 Å². The third kappa shape index (κ3) is 5.57. The molecule has 7 nitrogen and oxygen atoms in total. The minimum absolute atomic E-state index is 0.116. The maximum Gasteiger partial charge on any atom is 0.416 e. The van der Waals surface area contributed by atoms with Crippen LogP contribution in [-0.4, -0.2) is 47.8 Å². The second-order valence-electron chi connectivity index (χ2n) is 7.07. The first kappa shape index (κ1) is 21.3. The highest BCUT2D eigenvalue weighted by Gasteiger charge is 2.31. The van der Waals surface area contributed by atoms with Crippen LogP contribution in [0, 0.1) is 5.92 Å². The van der Waals surface area contributed by atoms with E-state index in [0.717, 1.165) is 18.4 Å². The highest BCUT2D eigenvalue weighted by Crippen LogP contribution is 2.29. The van der Waals surface area contributed by atoms with Crippen molar-refractivity contribution in [1.82, 2.24) is 14.1 Å². The number of aromatic nitrogens is 2. The highest BCUT2D eigenvalue weighted by molar-refractivity contribution is 7.88. The van der Waals surface area contributed by atoms with Gasteiger partial charge in [-0.2, -0.15) is 18.3 Å². The summed E-state index contributed by atoms with van der Waals surface area (Å²) < 4.78 is 64.6. The standard InChI is InChI=1S/C18H21F3N4O3S/c1-29(27,28)25-7-3-5-14(11-25)17(26)23-16-9-22-24(12-16)10-13-4-2-6-15(8-13)18(19,20)21/h2,4,6,8-9,12,14H,3,5,7,10-11H2,1H3,(H,23,26)/t14-/m0/s1. The molecule has 1 N–H and O–H groups in total. The van der Waals surface area contributed by atoms with Gasteiger partial charge >= 0.3 is 6.18 Å². The number of carbonyl (C=O) groups is 1. The molecule has 1 aliphatic rings. The molecule has 1 saturated heterocycles. The molecule has 1 atom stereocenters. The summed E-state index contributed by atoms with van der Waals surface area (Å²) in [5, 5.41) is 6.77. The SMILES string of the molecule is CS(=O)(=O)N1CCC[C@H](C(=O)Nc2cnn(Cc3cccc(C(F)(F)F)c3)c2)C1. The molecular formula is C18H21F3N4O3S. The number of sulfonamides is 1. The van der Waals surface area contributed by atoms with Crippen molar-refractivity contribution in [2.75, 3.05) is 24.7 Å². The first-order valence-corrected chi connectivity index (χ1v) is 10.8. The maximum atomic E-state index is 12.8. The van der Waals surface area contributed by atoms with E-state index in [4.69, 9.17) is 0 Å². The van der Waals surface area contributed by atoms with Gasteiger partial charge in [-0.1, -0.05) is 12.1 Å². The summed E-state index contributed by atoms with van der Waals surface area (Å²) in [5.74, 6) is -0.776. The predicted molar refractivity (Wildman–Crippen MR) is 101 cm³/mol. The Balaban J connectivity index is 1.63. The molecule has 0 bridgehead atoms. The summed E-state index contributed by atoms with van der Waals surface area (Å²) in [7, 11) is -3.35. The van der Waals surface area contributed by atoms with E-state index in [9.17, 15) is 26.4 Å². The highest BCUT2D eigenvalue weighted by atomic mass is 32.2. The summed E-state index contributed by atoms with van der Waals surface area (Å²) in [5.41, 5.74) is 0.0961. The number of piperidine rings is 1. The maximum absolute atomic E-state index is 12.8. The summed E-state index contributed by atoms with van der Waals surface area (Å²) >= 11 is 0. The van der Waals surface area contributed by atoms with Crippen LogP contribution in [0.4, 0.5) is 18.9 Å². The average molecular weight is 430 g/mol. The molecule has 2 aromatic rings. The lowest BCUT2D eigenvalue weighted by molar-refractivity contribution is -0.137. The second-order valence-corrected chi connectivity index (χ2v) is 9.06. The second kappa shape index (κ2) is 8.15. The number of hydrogen-bond donors (Lipinski definition) is 1. The fraction of sp³-hybridized carbons (Fsp3) is 0.444. The summed E-state index contributed by atoms with van der Waals surface area (Å²) in [6, 6.07) is 4.96. The van der Waals surface area contributed by atoms with Crippen molar-refractivity contribution in [3.8, 4) is 0 Å². The van der Waals surface area contributed by atoms with Crippen molar-refractivity contribution >= 4 is 21.6 Å². The number of nitrogens with one attached hydrogen (secondary N) is 1. The van der Waals surface area contributed by atoms with Crippen molar-refractivity contribution in [3.05, 3.63) is 47.8 Å². The number of alkyl halides is 3. The minimum atomic E-state index is -4.42. The Kier molecular flexibility index (Phi) is 5.99. The Morgan fingerprint density at radius 2 is 2.10 bits per heavy atom. The van der Waals surface area contributed by atoms with Crippen LogP contribution < -0.4 is 5.32 Å². The van der Waals surface area contributed by atoms with Gasteiger partial charge in [0, 0.05) is 19.3 Å². The van der Waals surface area contributed by atoms with Gasteiger partial charge in [-0.05, 0) is 30.5 Å². The summed E-state index contributed by atoms with van der Waals surface area (Å²) in [4.78, 5) is 12.5. The van der Waals surface area contributed by atoms with Crippen LogP contribution in [-0.2, 0) is 27.5 Å². The van der Waals surface area contributed by atoms with Crippen molar-refractivity contribution < 1.29 is 26.4 Å². The van der Waals surface area contributed by atoms with Gasteiger partial charge in [0.05, 0.1) is 36.2 Å². The largest absolute Gasteiger partial charge is 0.416 e. The smallest absolute Gasteiger partial charge is 0.323 e. The first-order valence-electron chi connectivity index (χ1n) is 8.97. The quantitative estimate of drug-likeness (QED) is 0.790. The lowest BCUT2D eigenvalue weighted by Crippen LogP contribution is -2.43. The van der Waals surface area contributed by atoms with E-state index in [-0.39, 0.29) is 19.0 Å². The van der Waals surface area contributed by atoms with E-state index >= 15 is 0 Å². The van der Waals surface area contributed by atoms with Gasteiger partial charge in [-0.15, -0.1) is 0 Å². The first-order chi connectivity index (χ1) is 13.5. The zero-order valence-electron chi connectivity index (χ0n) is 15.7. The van der Waals surface area contributed by atoms with Gasteiger partial charge in [0.25, 0.3) is 0 Å². The molecule has 1 aliphatic heterocycles. The molecule has 1 fully saturated rings. The van der Waals surface area contributed by atoms with E-state index in [0.29, 0.717) is 30.6 Å². The fourth-order valence-electron chi connectivity index (χ4n) is 3.25. The molecule has 0 unspecified atom stereocenters. The average Bonchev–Trinajstić information content (AvgIpc) is 3.07. The van der Waals surface area contributed by atoms with Gasteiger partial charge in [0.1, 0.15) is 0 Å². The van der Waals surface area contributed by atoms with Crippen LogP contribution in [0.2, 0.25) is 0 Å². The van der Waals surface area contributed by atoms with Crippen LogP contribution in [0.1, 0.15) is 24.0 Å². The number of amides is 1. The van der Waals surface area contributed by atoms with Gasteiger partial charge in [-0.25, -0.2) is 12.7 Å². The summed E-state index contributed by atoms with van der Waals surface area (Å²) in [6.45, 7) is 0.644. The van der Waals surface area contributed by atoms with Crippen molar-refractivity contribution in [2.45, 2.75) is 25.6 Å². The van der Waals surface area contributed by atoms with Gasteiger partial charge in [0.2, 0.25) is 15.9 Å². The monoisotopic (exact) mass is 430 g/mol. The number of benzene rings is 1. The van der Waals surface area contributed by atoms with Crippen LogP contribution in [0.25, 0.3) is 0 Å². The van der Waals surface area contributed by atoms with E-state index in [1.54, 1.807) is 6.07 Å². The van der Waals surface area contributed by atoms with E-state index in [2.05, 4.69) is 10.4 Å². The molecule has 1 aromatic heterocycles. The minimum Gasteiger partial charge on any atom is -0.323 e. The van der Waals surface area contributed by atoms with Crippen LogP contribution in [0.3, 0.4) is 0 Å². The summed E-state index contributed by atoms with van der Waals surface area (Å²) in [6.07, 6.45) is 0.804. The number of nitrogens with zero attached hydrogens (tertiary/aromatic N) is 3. The molecule has 2 heterocycles. The molecule has 0 aliphatic carbocycles. The molecule has 3 rings (SSSR count). The molecular weight excluding hydrogens is 409 g/mol. The topological polar surface area (TPSA) is 84.3 Å². The normalized spacial score (nSPS) is 18.6. The molecule has 29 heavy (non-hydrogen) atoms. The Morgan fingerprint density at radius 1 is 1.34 bits per heavy atom. The van der Waals surface area contributed by atoms with Crippen LogP contribution >= 0.6 is 0 Å². The lowest BCUT2D eigenvalue weighted by Gasteiger charge is -2.29. The molecule has 1 amide bonds. The Hall–Kier alpha value is -2.40. The van der Waals surface area contributed by atoms with E-state index in [1.165, 1.54) is 27.4 Å². The third-order valence-corrected chi connectivity index (χ3v) is 5.99. The fourth-order valence-corrected chi connectivity index (χ4v) is 4.16. The Labute approximate surface area is 166 Å². The number of anilines is 1. The zero-order valence-corrected chi connectivity index (χ0v) is 16.5. The number of halogens is 3. The van der Waals surface area contributed by atoms with Crippen molar-refractivity contribution in [3.63, 3.8) is 0 Å². The molecule has 0 radical (unpaired) electrons.